The lowest BCUT2D eigenvalue weighted by molar-refractivity contribution is 0.449. The summed E-state index contributed by atoms with van der Waals surface area (Å²) < 4.78 is 1.68. The van der Waals surface area contributed by atoms with Crippen molar-refractivity contribution in [1.29, 1.82) is 16.1 Å². The molecule has 0 aliphatic heterocycles. The van der Waals surface area contributed by atoms with Gasteiger partial charge in [0.1, 0.15) is 11.3 Å². The molecule has 1 aliphatic rings. The zero-order valence-corrected chi connectivity index (χ0v) is 12.6. The van der Waals surface area contributed by atoms with Crippen LogP contribution in [0.4, 0.5) is 0 Å². The standard InChI is InChI=1S/C16H20N6.H2/c1-2-11-7-10(3-5-17)8-12(11)15(19)22-13-4-6-20-16(13)21-9-14(22)18;/h4,6,9-12,18-20H,2-3,7-8H2,1H3;1H/t10-,11-,12+;/m1./s1. The lowest BCUT2D eigenvalue weighted by Crippen LogP contribution is -2.33. The molecule has 22 heavy (non-hydrogen) atoms. The van der Waals surface area contributed by atoms with Crippen LogP contribution in [0.5, 0.6) is 0 Å². The van der Waals surface area contributed by atoms with Crippen molar-refractivity contribution in [3.8, 4) is 6.07 Å². The van der Waals surface area contributed by atoms with Crippen LogP contribution in [-0.4, -0.2) is 20.4 Å². The van der Waals surface area contributed by atoms with Crippen molar-refractivity contribution >= 4 is 17.0 Å². The molecule has 2 heterocycles. The highest BCUT2D eigenvalue weighted by atomic mass is 15.1. The summed E-state index contributed by atoms with van der Waals surface area (Å²) in [5, 5.41) is 25.7. The third-order valence-corrected chi connectivity index (χ3v) is 4.79. The predicted octanol–water partition coefficient (Wildman–Crippen LogP) is 2.88. The molecule has 1 saturated carbocycles. The molecule has 0 amide bonds. The van der Waals surface area contributed by atoms with Crippen molar-refractivity contribution in [3.05, 3.63) is 23.9 Å². The molecule has 0 unspecified atom stereocenters. The molecule has 0 saturated heterocycles. The second-order valence-electron chi connectivity index (χ2n) is 6.05. The van der Waals surface area contributed by atoms with E-state index in [4.69, 9.17) is 16.1 Å². The van der Waals surface area contributed by atoms with Gasteiger partial charge in [-0.3, -0.25) is 15.4 Å². The SMILES string of the molecule is CC[C@@H]1C[C@@H](CC#N)C[C@@H]1C(=N)n1c(=N)cnc2[nH]ccc21.[HH]. The molecule has 116 valence electrons. The minimum absolute atomic E-state index is 0. The fraction of sp³-hybridized carbons (Fsp3) is 0.500. The van der Waals surface area contributed by atoms with Gasteiger partial charge in [0.25, 0.3) is 0 Å². The summed E-state index contributed by atoms with van der Waals surface area (Å²) in [7, 11) is 0. The van der Waals surface area contributed by atoms with Crippen LogP contribution >= 0.6 is 0 Å². The van der Waals surface area contributed by atoms with Gasteiger partial charge in [-0.05, 0) is 30.7 Å². The molecular weight excluding hydrogens is 276 g/mol. The van der Waals surface area contributed by atoms with Crippen LogP contribution in [0.1, 0.15) is 34.0 Å². The van der Waals surface area contributed by atoms with E-state index in [-0.39, 0.29) is 12.8 Å². The second-order valence-corrected chi connectivity index (χ2v) is 6.05. The summed E-state index contributed by atoms with van der Waals surface area (Å²) in [4.78, 5) is 7.22. The monoisotopic (exact) mass is 298 g/mol. The molecule has 0 radical (unpaired) electrons. The van der Waals surface area contributed by atoms with Crippen molar-refractivity contribution in [2.24, 2.45) is 17.8 Å². The molecule has 2 aromatic heterocycles. The Bertz CT molecular complexity index is 799. The van der Waals surface area contributed by atoms with E-state index in [2.05, 4.69) is 23.0 Å². The van der Waals surface area contributed by atoms with E-state index in [0.717, 1.165) is 24.8 Å². The van der Waals surface area contributed by atoms with E-state index in [0.29, 0.717) is 29.7 Å². The Balaban J connectivity index is 0.00000192. The van der Waals surface area contributed by atoms with Gasteiger partial charge in [0.2, 0.25) is 0 Å². The normalized spacial score (nSPS) is 24.5. The Morgan fingerprint density at radius 1 is 1.59 bits per heavy atom. The molecule has 0 bridgehead atoms. The van der Waals surface area contributed by atoms with Gasteiger partial charge in [-0.1, -0.05) is 13.3 Å². The topological polar surface area (TPSA) is 105 Å². The number of nitrogens with one attached hydrogen (secondary N) is 3. The highest BCUT2D eigenvalue weighted by molar-refractivity contribution is 5.91. The number of fused-ring (bicyclic) bond motifs is 1. The zero-order valence-electron chi connectivity index (χ0n) is 12.6. The van der Waals surface area contributed by atoms with Crippen LogP contribution in [-0.2, 0) is 0 Å². The zero-order chi connectivity index (χ0) is 15.7. The van der Waals surface area contributed by atoms with Crippen molar-refractivity contribution in [2.75, 3.05) is 0 Å². The molecule has 1 fully saturated rings. The summed E-state index contributed by atoms with van der Waals surface area (Å²) in [5.41, 5.74) is 1.70. The van der Waals surface area contributed by atoms with Crippen LogP contribution in [0.15, 0.2) is 18.5 Å². The molecule has 6 nitrogen and oxygen atoms in total. The number of aromatic amines is 1. The molecule has 2 aromatic rings. The summed E-state index contributed by atoms with van der Waals surface area (Å²) in [6.07, 6.45) is 6.71. The van der Waals surface area contributed by atoms with Gasteiger partial charge >= 0.3 is 0 Å². The molecule has 0 aromatic carbocycles. The maximum absolute atomic E-state index is 8.93. The van der Waals surface area contributed by atoms with Crippen molar-refractivity contribution in [3.63, 3.8) is 0 Å². The van der Waals surface area contributed by atoms with E-state index in [1.165, 1.54) is 6.20 Å². The number of rotatable bonds is 3. The summed E-state index contributed by atoms with van der Waals surface area (Å²) >= 11 is 0. The highest BCUT2D eigenvalue weighted by Crippen LogP contribution is 2.40. The van der Waals surface area contributed by atoms with Crippen LogP contribution in [0.2, 0.25) is 0 Å². The molecular formula is C16H22N6. The van der Waals surface area contributed by atoms with E-state index >= 15 is 0 Å². The minimum atomic E-state index is 0. The molecule has 1 aliphatic carbocycles. The number of nitriles is 1. The predicted molar refractivity (Wildman–Crippen MR) is 85.4 cm³/mol. The molecule has 3 N–H and O–H groups in total. The Labute approximate surface area is 130 Å². The lowest BCUT2D eigenvalue weighted by Gasteiger charge is -2.21. The largest absolute Gasteiger partial charge is 0.345 e. The van der Waals surface area contributed by atoms with Crippen LogP contribution in [0, 0.1) is 39.9 Å². The van der Waals surface area contributed by atoms with Crippen molar-refractivity contribution < 1.29 is 1.43 Å². The average molecular weight is 298 g/mol. The average Bonchev–Trinajstić information content (AvgIpc) is 3.13. The fourth-order valence-corrected chi connectivity index (χ4v) is 3.70. The minimum Gasteiger partial charge on any atom is -0.345 e. The van der Waals surface area contributed by atoms with Crippen LogP contribution < -0.4 is 5.49 Å². The lowest BCUT2D eigenvalue weighted by atomic mass is 9.92. The van der Waals surface area contributed by atoms with E-state index in [1.807, 2.05) is 6.07 Å². The first-order valence-electron chi connectivity index (χ1n) is 7.71. The van der Waals surface area contributed by atoms with E-state index < -0.39 is 0 Å². The van der Waals surface area contributed by atoms with Gasteiger partial charge in [0.05, 0.1) is 17.8 Å². The summed E-state index contributed by atoms with van der Waals surface area (Å²) in [5.74, 6) is 1.36. The highest BCUT2D eigenvalue weighted by Gasteiger charge is 2.36. The Kier molecular flexibility index (Phi) is 3.80. The smallest absolute Gasteiger partial charge is 0.154 e. The maximum atomic E-state index is 8.93. The summed E-state index contributed by atoms with van der Waals surface area (Å²) in [6.45, 7) is 2.14. The number of hydrogen-bond acceptors (Lipinski definition) is 4. The quantitative estimate of drug-likeness (QED) is 0.598. The first-order chi connectivity index (χ1) is 10.7. The van der Waals surface area contributed by atoms with Gasteiger partial charge in [-0.25, -0.2) is 4.98 Å². The van der Waals surface area contributed by atoms with Gasteiger partial charge in [-0.2, -0.15) is 5.26 Å². The Morgan fingerprint density at radius 3 is 3.14 bits per heavy atom. The number of hydrogen-bond donors (Lipinski definition) is 3. The van der Waals surface area contributed by atoms with Gasteiger partial charge in [0.15, 0.2) is 5.65 Å². The van der Waals surface area contributed by atoms with Crippen molar-refractivity contribution in [1.82, 2.24) is 14.5 Å². The van der Waals surface area contributed by atoms with Gasteiger partial charge < -0.3 is 4.98 Å². The number of nitrogens with zero attached hydrogens (tertiary/aromatic N) is 3. The first-order valence-corrected chi connectivity index (χ1v) is 7.71. The molecule has 3 atom stereocenters. The van der Waals surface area contributed by atoms with E-state index in [1.54, 1.807) is 10.8 Å². The first kappa shape index (κ1) is 14.5. The van der Waals surface area contributed by atoms with Gasteiger partial charge in [-0.15, -0.1) is 0 Å². The Hall–Kier alpha value is -2.42. The summed E-state index contributed by atoms with van der Waals surface area (Å²) in [6, 6.07) is 4.12. The van der Waals surface area contributed by atoms with Crippen LogP contribution in [0.3, 0.4) is 0 Å². The van der Waals surface area contributed by atoms with Gasteiger partial charge in [0, 0.05) is 20.0 Å². The number of H-pyrrole nitrogens is 1. The molecule has 0 spiro atoms. The fourth-order valence-electron chi connectivity index (χ4n) is 3.70. The maximum Gasteiger partial charge on any atom is 0.154 e. The van der Waals surface area contributed by atoms with E-state index in [9.17, 15) is 0 Å². The van der Waals surface area contributed by atoms with Crippen molar-refractivity contribution in [2.45, 2.75) is 32.6 Å². The molecule has 3 rings (SSSR count). The Morgan fingerprint density at radius 2 is 2.41 bits per heavy atom. The number of aromatic nitrogens is 3. The third kappa shape index (κ3) is 2.33. The van der Waals surface area contributed by atoms with Crippen LogP contribution in [0.25, 0.3) is 11.2 Å². The second kappa shape index (κ2) is 5.76. The third-order valence-electron chi connectivity index (χ3n) is 4.79. The molecule has 6 heteroatoms.